The number of thiazole rings is 1. The molecule has 0 amide bonds. The highest BCUT2D eigenvalue weighted by Crippen LogP contribution is 2.32. The van der Waals surface area contributed by atoms with Crippen molar-refractivity contribution in [2.45, 2.75) is 25.7 Å². The normalized spacial score (nSPS) is 16.9. The van der Waals surface area contributed by atoms with Crippen molar-refractivity contribution in [3.63, 3.8) is 0 Å². The summed E-state index contributed by atoms with van der Waals surface area (Å²) in [5, 5.41) is 6.93. The smallest absolute Gasteiger partial charge is 0.0964 e. The first-order valence-electron chi connectivity index (χ1n) is 6.57. The zero-order valence-electron chi connectivity index (χ0n) is 10.6. The average molecular weight is 258 g/mol. The van der Waals surface area contributed by atoms with Crippen LogP contribution < -0.4 is 5.32 Å². The predicted molar refractivity (Wildman–Crippen MR) is 77.1 cm³/mol. The fourth-order valence-corrected chi connectivity index (χ4v) is 3.52. The number of aryl methyl sites for hydroxylation is 1. The maximum atomic E-state index is 4.86. The van der Waals surface area contributed by atoms with Crippen LogP contribution in [-0.2, 0) is 0 Å². The molecule has 0 spiro atoms. The Morgan fingerprint density at radius 1 is 1.22 bits per heavy atom. The molecule has 18 heavy (non-hydrogen) atoms. The van der Waals surface area contributed by atoms with Gasteiger partial charge in [-0.3, -0.25) is 0 Å². The molecule has 0 bridgehead atoms. The minimum Gasteiger partial charge on any atom is -0.317 e. The van der Waals surface area contributed by atoms with Crippen LogP contribution in [-0.4, -0.2) is 18.1 Å². The number of hydrogen-bond donors (Lipinski definition) is 1. The molecule has 1 aromatic carbocycles. The molecular formula is C15H18N2S. The van der Waals surface area contributed by atoms with E-state index in [1.165, 1.54) is 29.0 Å². The largest absolute Gasteiger partial charge is 0.317 e. The van der Waals surface area contributed by atoms with Gasteiger partial charge in [-0.05, 0) is 38.4 Å². The molecule has 1 aliphatic heterocycles. The molecule has 0 radical (unpaired) electrons. The summed E-state index contributed by atoms with van der Waals surface area (Å²) in [5.74, 6) is 0.661. The van der Waals surface area contributed by atoms with Crippen LogP contribution >= 0.6 is 11.3 Å². The number of rotatable bonds is 2. The number of piperidine rings is 1. The van der Waals surface area contributed by atoms with Crippen LogP contribution in [0.25, 0.3) is 11.3 Å². The monoisotopic (exact) mass is 258 g/mol. The molecule has 94 valence electrons. The summed E-state index contributed by atoms with van der Waals surface area (Å²) in [4.78, 5) is 4.86. The van der Waals surface area contributed by atoms with Crippen molar-refractivity contribution < 1.29 is 0 Å². The van der Waals surface area contributed by atoms with Gasteiger partial charge in [-0.1, -0.05) is 24.3 Å². The highest BCUT2D eigenvalue weighted by atomic mass is 32.1. The zero-order chi connectivity index (χ0) is 12.4. The van der Waals surface area contributed by atoms with E-state index in [4.69, 9.17) is 4.98 Å². The van der Waals surface area contributed by atoms with Crippen LogP contribution in [0.3, 0.4) is 0 Å². The van der Waals surface area contributed by atoms with Crippen molar-refractivity contribution in [1.82, 2.24) is 10.3 Å². The average Bonchev–Trinajstić information content (AvgIpc) is 2.90. The van der Waals surface area contributed by atoms with Crippen LogP contribution in [0.5, 0.6) is 0 Å². The van der Waals surface area contributed by atoms with Crippen LogP contribution in [0.4, 0.5) is 0 Å². The Hall–Kier alpha value is -1.19. The standard InChI is InChI=1S/C15H18N2S/c1-11-4-2-3-5-13(11)14-10-18-15(17-14)12-6-8-16-9-7-12/h2-5,10,12,16H,6-9H2,1H3. The van der Waals surface area contributed by atoms with E-state index < -0.39 is 0 Å². The molecule has 0 atom stereocenters. The molecule has 0 saturated carbocycles. The minimum absolute atomic E-state index is 0.661. The van der Waals surface area contributed by atoms with Gasteiger partial charge in [-0.2, -0.15) is 0 Å². The molecule has 2 heterocycles. The van der Waals surface area contributed by atoms with Crippen molar-refractivity contribution in [2.75, 3.05) is 13.1 Å². The Kier molecular flexibility index (Phi) is 3.43. The third-order valence-electron chi connectivity index (χ3n) is 3.63. The number of benzene rings is 1. The summed E-state index contributed by atoms with van der Waals surface area (Å²) >= 11 is 1.82. The lowest BCUT2D eigenvalue weighted by molar-refractivity contribution is 0.459. The van der Waals surface area contributed by atoms with E-state index in [1.54, 1.807) is 0 Å². The summed E-state index contributed by atoms with van der Waals surface area (Å²) < 4.78 is 0. The Bertz CT molecular complexity index is 527. The summed E-state index contributed by atoms with van der Waals surface area (Å²) in [6.07, 6.45) is 2.45. The highest BCUT2D eigenvalue weighted by Gasteiger charge is 2.18. The fourth-order valence-electron chi connectivity index (χ4n) is 2.53. The van der Waals surface area contributed by atoms with Gasteiger partial charge in [0, 0.05) is 16.9 Å². The lowest BCUT2D eigenvalue weighted by Crippen LogP contribution is -2.26. The van der Waals surface area contributed by atoms with Crippen molar-refractivity contribution in [3.8, 4) is 11.3 Å². The van der Waals surface area contributed by atoms with Crippen LogP contribution in [0.1, 0.15) is 29.3 Å². The molecule has 3 rings (SSSR count). The first kappa shape index (κ1) is 11.9. The van der Waals surface area contributed by atoms with E-state index in [1.807, 2.05) is 11.3 Å². The van der Waals surface area contributed by atoms with Gasteiger partial charge in [0.05, 0.1) is 10.7 Å². The van der Waals surface area contributed by atoms with E-state index >= 15 is 0 Å². The van der Waals surface area contributed by atoms with Gasteiger partial charge in [0.1, 0.15) is 0 Å². The molecule has 2 nitrogen and oxygen atoms in total. The molecule has 0 unspecified atom stereocenters. The molecule has 3 heteroatoms. The first-order chi connectivity index (χ1) is 8.84. The fraction of sp³-hybridized carbons (Fsp3) is 0.400. The van der Waals surface area contributed by atoms with Gasteiger partial charge in [0.2, 0.25) is 0 Å². The predicted octanol–water partition coefficient (Wildman–Crippen LogP) is 3.59. The van der Waals surface area contributed by atoms with Gasteiger partial charge < -0.3 is 5.32 Å². The number of hydrogen-bond acceptors (Lipinski definition) is 3. The van der Waals surface area contributed by atoms with Gasteiger partial charge in [0.15, 0.2) is 0 Å². The van der Waals surface area contributed by atoms with Crippen LogP contribution in [0, 0.1) is 6.92 Å². The summed E-state index contributed by atoms with van der Waals surface area (Å²) in [7, 11) is 0. The van der Waals surface area contributed by atoms with E-state index in [9.17, 15) is 0 Å². The molecular weight excluding hydrogens is 240 g/mol. The molecule has 1 aromatic heterocycles. The molecule has 1 saturated heterocycles. The van der Waals surface area contributed by atoms with Crippen molar-refractivity contribution in [3.05, 3.63) is 40.2 Å². The Morgan fingerprint density at radius 2 is 2.00 bits per heavy atom. The lowest BCUT2D eigenvalue weighted by atomic mass is 9.99. The Balaban J connectivity index is 1.87. The van der Waals surface area contributed by atoms with Crippen LogP contribution in [0.2, 0.25) is 0 Å². The second kappa shape index (κ2) is 5.21. The SMILES string of the molecule is Cc1ccccc1-c1csc(C2CCNCC2)n1. The molecule has 1 N–H and O–H groups in total. The van der Waals surface area contributed by atoms with Gasteiger partial charge in [-0.25, -0.2) is 4.98 Å². The maximum Gasteiger partial charge on any atom is 0.0964 e. The number of aromatic nitrogens is 1. The van der Waals surface area contributed by atoms with E-state index in [-0.39, 0.29) is 0 Å². The number of nitrogens with one attached hydrogen (secondary N) is 1. The van der Waals surface area contributed by atoms with E-state index in [2.05, 4.69) is 41.9 Å². The molecule has 1 fully saturated rings. The van der Waals surface area contributed by atoms with Crippen molar-refractivity contribution >= 4 is 11.3 Å². The topological polar surface area (TPSA) is 24.9 Å². The Labute approximate surface area is 112 Å². The van der Waals surface area contributed by atoms with Gasteiger partial charge in [-0.15, -0.1) is 11.3 Å². The highest BCUT2D eigenvalue weighted by molar-refractivity contribution is 7.10. The van der Waals surface area contributed by atoms with Gasteiger partial charge >= 0.3 is 0 Å². The summed E-state index contributed by atoms with van der Waals surface area (Å²) in [5.41, 5.74) is 3.72. The van der Waals surface area contributed by atoms with E-state index in [0.29, 0.717) is 5.92 Å². The van der Waals surface area contributed by atoms with Crippen molar-refractivity contribution in [2.24, 2.45) is 0 Å². The first-order valence-corrected chi connectivity index (χ1v) is 7.44. The molecule has 2 aromatic rings. The maximum absolute atomic E-state index is 4.86. The van der Waals surface area contributed by atoms with Crippen molar-refractivity contribution in [1.29, 1.82) is 0 Å². The lowest BCUT2D eigenvalue weighted by Gasteiger charge is -2.20. The molecule has 0 aliphatic carbocycles. The molecule has 1 aliphatic rings. The third-order valence-corrected chi connectivity index (χ3v) is 4.64. The quantitative estimate of drug-likeness (QED) is 0.890. The zero-order valence-corrected chi connectivity index (χ0v) is 11.5. The number of nitrogens with zero attached hydrogens (tertiary/aromatic N) is 1. The van der Waals surface area contributed by atoms with Gasteiger partial charge in [0.25, 0.3) is 0 Å². The third kappa shape index (κ3) is 2.33. The Morgan fingerprint density at radius 3 is 2.78 bits per heavy atom. The summed E-state index contributed by atoms with van der Waals surface area (Å²) in [6, 6.07) is 8.49. The minimum atomic E-state index is 0.661. The van der Waals surface area contributed by atoms with E-state index in [0.717, 1.165) is 18.8 Å². The summed E-state index contributed by atoms with van der Waals surface area (Å²) in [6.45, 7) is 4.41. The second-order valence-corrected chi connectivity index (χ2v) is 5.80. The second-order valence-electron chi connectivity index (χ2n) is 4.91. The van der Waals surface area contributed by atoms with Crippen LogP contribution in [0.15, 0.2) is 29.6 Å².